The Morgan fingerprint density at radius 3 is 2.95 bits per heavy atom. The van der Waals surface area contributed by atoms with Crippen molar-refractivity contribution in [1.29, 1.82) is 0 Å². The van der Waals surface area contributed by atoms with E-state index in [1.165, 1.54) is 12.1 Å². The van der Waals surface area contributed by atoms with E-state index in [4.69, 9.17) is 5.73 Å². The van der Waals surface area contributed by atoms with Crippen LogP contribution in [0.2, 0.25) is 0 Å². The SMILES string of the molecule is CC(N)CN1CC2CC1C(=O)N2Cc1cccc(F)c1. The van der Waals surface area contributed by atoms with Crippen LogP contribution in [0.1, 0.15) is 18.9 Å². The van der Waals surface area contributed by atoms with Crippen molar-refractivity contribution in [2.75, 3.05) is 13.1 Å². The number of likely N-dealkylation sites (tertiary alicyclic amines) is 2. The van der Waals surface area contributed by atoms with E-state index in [1.54, 1.807) is 6.07 Å². The molecular formula is C15H20FN3O. The highest BCUT2D eigenvalue weighted by atomic mass is 19.1. The Bertz CT molecular complexity index is 520. The van der Waals surface area contributed by atoms with Crippen LogP contribution in [0.4, 0.5) is 4.39 Å². The van der Waals surface area contributed by atoms with Gasteiger partial charge in [-0.1, -0.05) is 12.1 Å². The monoisotopic (exact) mass is 277 g/mol. The fourth-order valence-corrected chi connectivity index (χ4v) is 3.34. The molecule has 0 saturated carbocycles. The summed E-state index contributed by atoms with van der Waals surface area (Å²) in [6, 6.07) is 6.77. The van der Waals surface area contributed by atoms with Crippen molar-refractivity contribution < 1.29 is 9.18 Å². The summed E-state index contributed by atoms with van der Waals surface area (Å²) in [6.45, 7) is 4.11. The highest BCUT2D eigenvalue weighted by molar-refractivity contribution is 5.85. The Morgan fingerprint density at radius 2 is 2.30 bits per heavy atom. The Labute approximate surface area is 118 Å². The van der Waals surface area contributed by atoms with Gasteiger partial charge in [-0.2, -0.15) is 0 Å². The minimum absolute atomic E-state index is 0.0282. The first-order chi connectivity index (χ1) is 9.54. The van der Waals surface area contributed by atoms with E-state index in [1.807, 2.05) is 17.9 Å². The van der Waals surface area contributed by atoms with Crippen molar-refractivity contribution in [1.82, 2.24) is 9.80 Å². The number of benzene rings is 1. The number of piperazine rings is 1. The lowest BCUT2D eigenvalue weighted by Gasteiger charge is -2.34. The fraction of sp³-hybridized carbons (Fsp3) is 0.533. The maximum atomic E-state index is 13.2. The van der Waals surface area contributed by atoms with Gasteiger partial charge in [-0.25, -0.2) is 4.39 Å². The van der Waals surface area contributed by atoms with Crippen molar-refractivity contribution in [3.05, 3.63) is 35.6 Å². The number of halogens is 1. The number of carbonyl (C=O) groups excluding carboxylic acids is 1. The molecule has 0 aromatic heterocycles. The summed E-state index contributed by atoms with van der Waals surface area (Å²) in [7, 11) is 0. The molecule has 4 nitrogen and oxygen atoms in total. The summed E-state index contributed by atoms with van der Waals surface area (Å²) in [5, 5.41) is 0. The summed E-state index contributed by atoms with van der Waals surface area (Å²) < 4.78 is 13.2. The Morgan fingerprint density at radius 1 is 1.50 bits per heavy atom. The van der Waals surface area contributed by atoms with Crippen molar-refractivity contribution in [2.24, 2.45) is 5.73 Å². The summed E-state index contributed by atoms with van der Waals surface area (Å²) in [5.74, 6) is -0.0935. The van der Waals surface area contributed by atoms with Crippen LogP contribution in [-0.2, 0) is 11.3 Å². The number of amides is 1. The van der Waals surface area contributed by atoms with E-state index >= 15 is 0 Å². The first-order valence-corrected chi connectivity index (χ1v) is 7.09. The first kappa shape index (κ1) is 13.5. The number of carbonyl (C=O) groups is 1. The fourth-order valence-electron chi connectivity index (χ4n) is 3.34. The standard InChI is InChI=1S/C15H20FN3O/c1-10(17)7-18-9-13-6-14(18)15(20)19(13)8-11-3-2-4-12(16)5-11/h2-5,10,13-14H,6-9,17H2,1H3. The average molecular weight is 277 g/mol. The normalized spacial score (nSPS) is 27.4. The molecule has 0 spiro atoms. The van der Waals surface area contributed by atoms with Crippen molar-refractivity contribution in [3.8, 4) is 0 Å². The minimum Gasteiger partial charge on any atom is -0.333 e. The Hall–Kier alpha value is -1.46. The number of nitrogens with zero attached hydrogens (tertiary/aromatic N) is 2. The van der Waals surface area contributed by atoms with Crippen LogP contribution >= 0.6 is 0 Å². The van der Waals surface area contributed by atoms with Crippen LogP contribution in [-0.4, -0.2) is 46.9 Å². The molecule has 0 radical (unpaired) electrons. The second-order valence-corrected chi connectivity index (χ2v) is 5.93. The number of fused-ring (bicyclic) bond motifs is 2. The highest BCUT2D eigenvalue weighted by Crippen LogP contribution is 2.32. The second-order valence-electron chi connectivity index (χ2n) is 5.93. The molecule has 3 rings (SSSR count). The zero-order chi connectivity index (χ0) is 14.3. The summed E-state index contributed by atoms with van der Waals surface area (Å²) in [5.41, 5.74) is 6.67. The third-order valence-electron chi connectivity index (χ3n) is 4.15. The maximum absolute atomic E-state index is 13.2. The van der Waals surface area contributed by atoms with Gasteiger partial charge in [0.1, 0.15) is 5.82 Å². The molecular weight excluding hydrogens is 257 g/mol. The number of rotatable bonds is 4. The summed E-state index contributed by atoms with van der Waals surface area (Å²) in [4.78, 5) is 16.5. The lowest BCUT2D eigenvalue weighted by atomic mass is 10.2. The van der Waals surface area contributed by atoms with Gasteiger partial charge in [0.05, 0.1) is 6.04 Å². The van der Waals surface area contributed by atoms with Gasteiger partial charge in [0.15, 0.2) is 0 Å². The molecule has 108 valence electrons. The van der Waals surface area contributed by atoms with Crippen LogP contribution in [0.15, 0.2) is 24.3 Å². The number of nitrogens with two attached hydrogens (primary N) is 1. The molecule has 5 heteroatoms. The summed E-state index contributed by atoms with van der Waals surface area (Å²) >= 11 is 0. The lowest BCUT2D eigenvalue weighted by molar-refractivity contribution is -0.137. The van der Waals surface area contributed by atoms with Gasteiger partial charge in [0.25, 0.3) is 0 Å². The quantitative estimate of drug-likeness (QED) is 0.892. The molecule has 1 aromatic rings. The first-order valence-electron chi connectivity index (χ1n) is 7.09. The molecule has 1 amide bonds. The van der Waals surface area contributed by atoms with Gasteiger partial charge in [-0.3, -0.25) is 9.69 Å². The van der Waals surface area contributed by atoms with Crippen molar-refractivity contribution >= 4 is 5.91 Å². The molecule has 2 N–H and O–H groups in total. The molecule has 2 saturated heterocycles. The third-order valence-corrected chi connectivity index (χ3v) is 4.15. The van der Waals surface area contributed by atoms with Crippen molar-refractivity contribution in [3.63, 3.8) is 0 Å². The van der Waals surface area contributed by atoms with Gasteiger partial charge in [0.2, 0.25) is 5.91 Å². The van der Waals surface area contributed by atoms with Gasteiger partial charge < -0.3 is 10.6 Å². The van der Waals surface area contributed by atoms with E-state index in [9.17, 15) is 9.18 Å². The van der Waals surface area contributed by atoms with Gasteiger partial charge in [-0.15, -0.1) is 0 Å². The molecule has 2 heterocycles. The maximum Gasteiger partial charge on any atom is 0.240 e. The van der Waals surface area contributed by atoms with Gasteiger partial charge in [-0.05, 0) is 31.0 Å². The van der Waals surface area contributed by atoms with E-state index in [0.717, 1.165) is 25.1 Å². The minimum atomic E-state index is -0.252. The zero-order valence-electron chi connectivity index (χ0n) is 11.6. The zero-order valence-corrected chi connectivity index (χ0v) is 11.6. The van der Waals surface area contributed by atoms with Crippen LogP contribution < -0.4 is 5.73 Å². The molecule has 20 heavy (non-hydrogen) atoms. The Kier molecular flexibility index (Phi) is 3.48. The predicted molar refractivity (Wildman–Crippen MR) is 74.4 cm³/mol. The van der Waals surface area contributed by atoms with E-state index in [2.05, 4.69) is 4.90 Å². The summed E-state index contributed by atoms with van der Waals surface area (Å²) in [6.07, 6.45) is 0.876. The van der Waals surface area contributed by atoms with Crippen molar-refractivity contribution in [2.45, 2.75) is 38.0 Å². The molecule has 1 aromatic carbocycles. The highest BCUT2D eigenvalue weighted by Gasteiger charge is 2.49. The predicted octanol–water partition coefficient (Wildman–Crippen LogP) is 0.958. The van der Waals surface area contributed by atoms with Crippen LogP contribution in [0.3, 0.4) is 0 Å². The lowest BCUT2D eigenvalue weighted by Crippen LogP contribution is -2.52. The molecule has 3 atom stereocenters. The molecule has 2 aliphatic rings. The largest absolute Gasteiger partial charge is 0.333 e. The topological polar surface area (TPSA) is 49.6 Å². The molecule has 2 bridgehead atoms. The average Bonchev–Trinajstić information content (AvgIpc) is 2.89. The molecule has 3 unspecified atom stereocenters. The molecule has 0 aliphatic carbocycles. The van der Waals surface area contributed by atoms with Crippen LogP contribution in [0.5, 0.6) is 0 Å². The van der Waals surface area contributed by atoms with Crippen LogP contribution in [0.25, 0.3) is 0 Å². The number of hydrogen-bond acceptors (Lipinski definition) is 3. The second kappa shape index (κ2) is 5.14. The van der Waals surface area contributed by atoms with E-state index in [-0.39, 0.29) is 29.8 Å². The van der Waals surface area contributed by atoms with Crippen LogP contribution in [0, 0.1) is 5.82 Å². The third kappa shape index (κ3) is 2.43. The van der Waals surface area contributed by atoms with E-state index < -0.39 is 0 Å². The molecule has 2 aliphatic heterocycles. The number of hydrogen-bond donors (Lipinski definition) is 1. The molecule has 2 fully saturated rings. The smallest absolute Gasteiger partial charge is 0.240 e. The van der Waals surface area contributed by atoms with Gasteiger partial charge >= 0.3 is 0 Å². The van der Waals surface area contributed by atoms with Gasteiger partial charge in [0, 0.05) is 31.7 Å². The Balaban J connectivity index is 1.68. The van der Waals surface area contributed by atoms with E-state index in [0.29, 0.717) is 6.54 Å².